The van der Waals surface area contributed by atoms with Gasteiger partial charge in [0.15, 0.2) is 0 Å². The number of carbonyl (C=O) groups is 1. The molecule has 3 N–H and O–H groups in total. The fourth-order valence-electron chi connectivity index (χ4n) is 1.13. The van der Waals surface area contributed by atoms with Gasteiger partial charge in [0, 0.05) is 12.1 Å². The Hall–Kier alpha value is -1.42. The summed E-state index contributed by atoms with van der Waals surface area (Å²) in [7, 11) is 0. The minimum Gasteiger partial charge on any atom is -0.478 e. The van der Waals surface area contributed by atoms with Gasteiger partial charge in [0.2, 0.25) is 0 Å². The van der Waals surface area contributed by atoms with Crippen LogP contribution in [0.3, 0.4) is 0 Å². The lowest BCUT2D eigenvalue weighted by atomic mass is 10.0. The van der Waals surface area contributed by atoms with Gasteiger partial charge >= 0.3 is 5.97 Å². The lowest BCUT2D eigenvalue weighted by Crippen LogP contribution is -2.07. The second kappa shape index (κ2) is 3.53. The predicted molar refractivity (Wildman–Crippen MR) is 46.0 cm³/mol. The fourth-order valence-corrected chi connectivity index (χ4v) is 1.13. The second-order valence-electron chi connectivity index (χ2n) is 2.72. The van der Waals surface area contributed by atoms with Crippen LogP contribution in [0, 0.1) is 12.7 Å². The van der Waals surface area contributed by atoms with Crippen molar-refractivity contribution >= 4 is 5.97 Å². The van der Waals surface area contributed by atoms with Crippen molar-refractivity contribution in [3.63, 3.8) is 0 Å². The van der Waals surface area contributed by atoms with Gasteiger partial charge in [0.25, 0.3) is 0 Å². The van der Waals surface area contributed by atoms with Gasteiger partial charge in [-0.05, 0) is 18.6 Å². The molecule has 0 aliphatic heterocycles. The summed E-state index contributed by atoms with van der Waals surface area (Å²) in [5.41, 5.74) is 5.71. The van der Waals surface area contributed by atoms with Crippen molar-refractivity contribution in [1.82, 2.24) is 0 Å². The van der Waals surface area contributed by atoms with E-state index in [0.29, 0.717) is 5.56 Å². The largest absolute Gasteiger partial charge is 0.478 e. The summed E-state index contributed by atoms with van der Waals surface area (Å²) in [5.74, 6) is -1.65. The molecule has 0 atom stereocenters. The van der Waals surface area contributed by atoms with Gasteiger partial charge in [-0.25, -0.2) is 9.18 Å². The Bertz CT molecular complexity index is 350. The summed E-state index contributed by atoms with van der Waals surface area (Å²) in [4.78, 5) is 10.6. The molecule has 0 bridgehead atoms. The molecule has 0 radical (unpaired) electrons. The molecular formula is C9H10FNO2. The minimum atomic E-state index is -1.13. The van der Waals surface area contributed by atoms with Crippen LogP contribution in [0.2, 0.25) is 0 Å². The van der Waals surface area contributed by atoms with Crippen LogP contribution in [-0.2, 0) is 6.54 Å². The van der Waals surface area contributed by atoms with Crippen molar-refractivity contribution in [2.45, 2.75) is 13.5 Å². The van der Waals surface area contributed by atoms with Crippen LogP contribution in [0.25, 0.3) is 0 Å². The highest BCUT2D eigenvalue weighted by molar-refractivity contribution is 5.89. The summed E-state index contributed by atoms with van der Waals surface area (Å²) in [6, 6.07) is 2.76. The smallest absolute Gasteiger partial charge is 0.336 e. The van der Waals surface area contributed by atoms with Crippen molar-refractivity contribution in [3.8, 4) is 0 Å². The Labute approximate surface area is 75.0 Å². The third-order valence-electron chi connectivity index (χ3n) is 1.92. The predicted octanol–water partition coefficient (Wildman–Crippen LogP) is 1.29. The second-order valence-corrected chi connectivity index (χ2v) is 2.72. The highest BCUT2D eigenvalue weighted by Gasteiger charge is 2.12. The van der Waals surface area contributed by atoms with Crippen LogP contribution in [0.5, 0.6) is 0 Å². The molecule has 0 unspecified atom stereocenters. The number of carboxylic acids is 1. The van der Waals surface area contributed by atoms with Gasteiger partial charge in [0.05, 0.1) is 5.56 Å². The van der Waals surface area contributed by atoms with Gasteiger partial charge in [-0.1, -0.05) is 6.07 Å². The summed E-state index contributed by atoms with van der Waals surface area (Å²) >= 11 is 0. The molecule has 13 heavy (non-hydrogen) atoms. The minimum absolute atomic E-state index is 0.0188. The lowest BCUT2D eigenvalue weighted by molar-refractivity contribution is 0.0695. The summed E-state index contributed by atoms with van der Waals surface area (Å²) in [5, 5.41) is 8.66. The first-order valence-corrected chi connectivity index (χ1v) is 3.79. The number of nitrogens with two attached hydrogens (primary N) is 1. The van der Waals surface area contributed by atoms with Crippen LogP contribution >= 0.6 is 0 Å². The summed E-state index contributed by atoms with van der Waals surface area (Å²) in [6.07, 6.45) is 0. The van der Waals surface area contributed by atoms with E-state index in [1.54, 1.807) is 0 Å². The van der Waals surface area contributed by atoms with E-state index in [9.17, 15) is 9.18 Å². The zero-order valence-corrected chi connectivity index (χ0v) is 7.17. The van der Waals surface area contributed by atoms with Crippen LogP contribution in [0.4, 0.5) is 4.39 Å². The van der Waals surface area contributed by atoms with Crippen LogP contribution in [0.15, 0.2) is 12.1 Å². The Kier molecular flexibility index (Phi) is 2.63. The van der Waals surface area contributed by atoms with E-state index in [1.807, 2.05) is 0 Å². The molecule has 0 heterocycles. The van der Waals surface area contributed by atoms with Crippen LogP contribution in [-0.4, -0.2) is 11.1 Å². The van der Waals surface area contributed by atoms with Crippen molar-refractivity contribution in [1.29, 1.82) is 0 Å². The number of benzene rings is 1. The van der Waals surface area contributed by atoms with E-state index < -0.39 is 11.8 Å². The number of hydrogen-bond acceptors (Lipinski definition) is 2. The summed E-state index contributed by atoms with van der Waals surface area (Å²) < 4.78 is 13.3. The van der Waals surface area contributed by atoms with E-state index in [0.717, 1.165) is 0 Å². The average molecular weight is 183 g/mol. The van der Waals surface area contributed by atoms with E-state index >= 15 is 0 Å². The van der Waals surface area contributed by atoms with Gasteiger partial charge in [-0.15, -0.1) is 0 Å². The van der Waals surface area contributed by atoms with E-state index in [2.05, 4.69) is 0 Å². The molecule has 0 aliphatic carbocycles. The zero-order chi connectivity index (χ0) is 10.0. The first-order valence-electron chi connectivity index (χ1n) is 3.79. The van der Waals surface area contributed by atoms with Crippen molar-refractivity contribution in [3.05, 3.63) is 34.6 Å². The molecule has 4 heteroatoms. The Morgan fingerprint density at radius 1 is 1.62 bits per heavy atom. The maximum absolute atomic E-state index is 13.3. The molecule has 0 saturated carbocycles. The highest BCUT2D eigenvalue weighted by Crippen LogP contribution is 2.16. The molecule has 0 spiro atoms. The highest BCUT2D eigenvalue weighted by atomic mass is 19.1. The summed E-state index contributed by atoms with van der Waals surface area (Å²) in [6.45, 7) is 1.50. The topological polar surface area (TPSA) is 63.3 Å². The molecule has 1 rings (SSSR count). The fraction of sp³-hybridized carbons (Fsp3) is 0.222. The van der Waals surface area contributed by atoms with Gasteiger partial charge < -0.3 is 10.8 Å². The van der Waals surface area contributed by atoms with Gasteiger partial charge in [-0.2, -0.15) is 0 Å². The normalized spacial score (nSPS) is 10.1. The van der Waals surface area contributed by atoms with E-state index in [1.165, 1.54) is 19.1 Å². The maximum Gasteiger partial charge on any atom is 0.336 e. The van der Waals surface area contributed by atoms with E-state index in [4.69, 9.17) is 10.8 Å². The van der Waals surface area contributed by atoms with Crippen LogP contribution < -0.4 is 5.73 Å². The molecule has 0 fully saturated rings. The molecule has 0 amide bonds. The number of rotatable bonds is 2. The van der Waals surface area contributed by atoms with E-state index in [-0.39, 0.29) is 17.7 Å². The number of carboxylic acid groups (broad SMARTS) is 1. The standard InChI is InChI=1S/C9H10FNO2/c1-5-7(9(12)13)3-2-6(4-11)8(5)10/h2-3H,4,11H2,1H3,(H,12,13). The maximum atomic E-state index is 13.3. The molecule has 3 nitrogen and oxygen atoms in total. The number of hydrogen-bond donors (Lipinski definition) is 2. The van der Waals surface area contributed by atoms with Crippen LogP contribution in [0.1, 0.15) is 21.5 Å². The Morgan fingerprint density at radius 2 is 2.23 bits per heavy atom. The molecule has 70 valence electrons. The molecular weight excluding hydrogens is 173 g/mol. The Balaban J connectivity index is 3.31. The van der Waals surface area contributed by atoms with Gasteiger partial charge in [-0.3, -0.25) is 0 Å². The third kappa shape index (κ3) is 1.67. The zero-order valence-electron chi connectivity index (χ0n) is 7.17. The van der Waals surface area contributed by atoms with Crippen molar-refractivity contribution in [2.75, 3.05) is 0 Å². The van der Waals surface area contributed by atoms with Crippen molar-refractivity contribution in [2.24, 2.45) is 5.73 Å². The first kappa shape index (κ1) is 9.67. The Morgan fingerprint density at radius 3 is 2.69 bits per heavy atom. The van der Waals surface area contributed by atoms with Gasteiger partial charge in [0.1, 0.15) is 5.82 Å². The number of aromatic carboxylic acids is 1. The molecule has 1 aromatic carbocycles. The van der Waals surface area contributed by atoms with Crippen molar-refractivity contribution < 1.29 is 14.3 Å². The molecule has 1 aromatic rings. The quantitative estimate of drug-likeness (QED) is 0.726. The number of halogens is 1. The first-order chi connectivity index (χ1) is 6.07. The molecule has 0 aromatic heterocycles. The molecule has 0 aliphatic rings. The average Bonchev–Trinajstić information content (AvgIpc) is 2.09. The monoisotopic (exact) mass is 183 g/mol. The lowest BCUT2D eigenvalue weighted by Gasteiger charge is -2.05. The molecule has 0 saturated heterocycles. The SMILES string of the molecule is Cc1c(C(=O)O)ccc(CN)c1F. The third-order valence-corrected chi connectivity index (χ3v) is 1.92.